The molecule has 0 saturated carbocycles. The number of anilines is 2. The SMILES string of the molecule is CCOC(=O)C1CCN(S(=O)(=O)c2cccc(C(=O)CNc3ccc(S(=O)(=O)N(CC)c4ccccc4)cc3)c2)CC1. The maximum absolute atomic E-state index is 13.2. The number of esters is 1. The Morgan fingerprint density at radius 2 is 1.55 bits per heavy atom. The molecular weight excluding hydrogens is 578 g/mol. The summed E-state index contributed by atoms with van der Waals surface area (Å²) in [5.41, 5.74) is 1.34. The molecule has 224 valence electrons. The normalized spacial score (nSPS) is 14.7. The fourth-order valence-corrected chi connectivity index (χ4v) is 7.80. The lowest BCUT2D eigenvalue weighted by Crippen LogP contribution is -2.40. The van der Waals surface area contributed by atoms with Crippen LogP contribution in [0.5, 0.6) is 0 Å². The first-order chi connectivity index (χ1) is 20.1. The van der Waals surface area contributed by atoms with E-state index in [0.717, 1.165) is 0 Å². The summed E-state index contributed by atoms with van der Waals surface area (Å²) in [5, 5.41) is 2.98. The average Bonchev–Trinajstić information content (AvgIpc) is 3.01. The van der Waals surface area contributed by atoms with E-state index in [4.69, 9.17) is 4.74 Å². The lowest BCUT2D eigenvalue weighted by Gasteiger charge is -2.30. The molecule has 1 saturated heterocycles. The summed E-state index contributed by atoms with van der Waals surface area (Å²) in [4.78, 5) is 25.1. The minimum atomic E-state index is -3.85. The van der Waals surface area contributed by atoms with Gasteiger partial charge in [-0.15, -0.1) is 0 Å². The quantitative estimate of drug-likeness (QED) is 0.238. The Bertz CT molecular complexity index is 1600. The summed E-state index contributed by atoms with van der Waals surface area (Å²) in [7, 11) is -7.63. The lowest BCUT2D eigenvalue weighted by molar-refractivity contribution is -0.149. The zero-order chi connectivity index (χ0) is 30.3. The number of carbonyl (C=O) groups is 2. The Balaban J connectivity index is 1.39. The van der Waals surface area contributed by atoms with Gasteiger partial charge in [0.05, 0.1) is 34.5 Å². The fourth-order valence-electron chi connectivity index (χ4n) is 4.81. The number of rotatable bonds is 12. The molecule has 0 spiro atoms. The number of benzene rings is 3. The Morgan fingerprint density at radius 3 is 2.17 bits per heavy atom. The number of nitrogens with one attached hydrogen (secondary N) is 1. The number of ketones is 1. The summed E-state index contributed by atoms with van der Waals surface area (Å²) in [6.45, 7) is 4.31. The molecule has 10 nitrogen and oxygen atoms in total. The second kappa shape index (κ2) is 13.5. The van der Waals surface area contributed by atoms with Crippen molar-refractivity contribution in [3.8, 4) is 0 Å². The molecule has 3 aromatic carbocycles. The average molecular weight is 614 g/mol. The van der Waals surface area contributed by atoms with Gasteiger partial charge in [0.1, 0.15) is 0 Å². The van der Waals surface area contributed by atoms with Crippen molar-refractivity contribution in [1.82, 2.24) is 4.31 Å². The standard InChI is InChI=1S/C30H35N3O7S2/c1-3-33(26-10-6-5-7-11-26)42(38,39)27-15-13-25(14-16-27)31-22-29(34)24-9-8-12-28(21-24)41(36,37)32-19-17-23(18-20-32)30(35)40-4-2/h5-16,21,23,31H,3-4,17-20,22H2,1-2H3. The highest BCUT2D eigenvalue weighted by molar-refractivity contribution is 7.92. The van der Waals surface area contributed by atoms with E-state index in [2.05, 4.69) is 5.32 Å². The monoisotopic (exact) mass is 613 g/mol. The Morgan fingerprint density at radius 1 is 0.881 bits per heavy atom. The number of carbonyl (C=O) groups excluding carboxylic acids is 2. The van der Waals surface area contributed by atoms with Gasteiger partial charge in [-0.05, 0) is 75.2 Å². The smallest absolute Gasteiger partial charge is 0.309 e. The van der Waals surface area contributed by atoms with Crippen LogP contribution in [0, 0.1) is 5.92 Å². The molecule has 1 fully saturated rings. The van der Waals surface area contributed by atoms with E-state index in [-0.39, 0.29) is 65.8 Å². The zero-order valence-electron chi connectivity index (χ0n) is 23.6. The van der Waals surface area contributed by atoms with Crippen LogP contribution in [0.1, 0.15) is 37.0 Å². The number of hydrogen-bond donors (Lipinski definition) is 1. The summed E-state index contributed by atoms with van der Waals surface area (Å²) in [6, 6.07) is 20.8. The number of sulfonamides is 2. The van der Waals surface area contributed by atoms with Crippen molar-refractivity contribution in [3.05, 3.63) is 84.4 Å². The van der Waals surface area contributed by atoms with Crippen molar-refractivity contribution in [2.24, 2.45) is 5.92 Å². The van der Waals surface area contributed by atoms with E-state index in [1.807, 2.05) is 6.07 Å². The second-order valence-corrected chi connectivity index (χ2v) is 13.6. The van der Waals surface area contributed by atoms with Gasteiger partial charge in [0.25, 0.3) is 10.0 Å². The third-order valence-corrected chi connectivity index (χ3v) is 10.9. The van der Waals surface area contributed by atoms with Crippen molar-refractivity contribution in [2.45, 2.75) is 36.5 Å². The minimum Gasteiger partial charge on any atom is -0.466 e. The van der Waals surface area contributed by atoms with E-state index in [1.54, 1.807) is 56.3 Å². The number of nitrogens with zero attached hydrogens (tertiary/aromatic N) is 2. The first-order valence-corrected chi connectivity index (χ1v) is 16.7. The van der Waals surface area contributed by atoms with Gasteiger partial charge in [-0.1, -0.05) is 30.3 Å². The summed E-state index contributed by atoms with van der Waals surface area (Å²) in [5.74, 6) is -0.953. The molecule has 0 aliphatic carbocycles. The number of hydrogen-bond acceptors (Lipinski definition) is 8. The lowest BCUT2D eigenvalue weighted by atomic mass is 9.98. The van der Waals surface area contributed by atoms with Gasteiger partial charge in [-0.3, -0.25) is 13.9 Å². The maximum atomic E-state index is 13.2. The molecule has 0 atom stereocenters. The number of ether oxygens (including phenoxy) is 1. The predicted molar refractivity (Wildman–Crippen MR) is 160 cm³/mol. The largest absolute Gasteiger partial charge is 0.466 e. The van der Waals surface area contributed by atoms with Crippen molar-refractivity contribution in [3.63, 3.8) is 0 Å². The van der Waals surface area contributed by atoms with Gasteiger partial charge >= 0.3 is 5.97 Å². The number of piperidine rings is 1. The molecule has 1 aliphatic heterocycles. The molecule has 0 bridgehead atoms. The first kappa shape index (κ1) is 31.2. The molecule has 42 heavy (non-hydrogen) atoms. The molecule has 0 unspecified atom stereocenters. The molecule has 0 radical (unpaired) electrons. The van der Waals surface area contributed by atoms with Crippen molar-refractivity contribution in [1.29, 1.82) is 0 Å². The molecule has 4 rings (SSSR count). The van der Waals surface area contributed by atoms with E-state index in [1.165, 1.54) is 38.9 Å². The molecule has 1 aliphatic rings. The third-order valence-electron chi connectivity index (χ3n) is 7.09. The molecule has 0 amide bonds. The van der Waals surface area contributed by atoms with Crippen LogP contribution in [0.15, 0.2) is 88.7 Å². The molecule has 12 heteroatoms. The fraction of sp³-hybridized carbons (Fsp3) is 0.333. The Labute approximate surface area is 247 Å². The van der Waals surface area contributed by atoms with Crippen LogP contribution in [-0.2, 0) is 29.6 Å². The molecular formula is C30H35N3O7S2. The van der Waals surface area contributed by atoms with E-state index in [0.29, 0.717) is 24.2 Å². The van der Waals surface area contributed by atoms with Crippen LogP contribution in [-0.4, -0.2) is 65.7 Å². The van der Waals surface area contributed by atoms with Crippen LogP contribution >= 0.6 is 0 Å². The van der Waals surface area contributed by atoms with E-state index < -0.39 is 20.0 Å². The van der Waals surface area contributed by atoms with Crippen molar-refractivity contribution in [2.75, 3.05) is 42.4 Å². The third kappa shape index (κ3) is 7.00. The van der Waals surface area contributed by atoms with Crippen molar-refractivity contribution >= 4 is 43.2 Å². The highest BCUT2D eigenvalue weighted by Crippen LogP contribution is 2.26. The van der Waals surface area contributed by atoms with Gasteiger partial charge in [-0.2, -0.15) is 4.31 Å². The molecule has 3 aromatic rings. The van der Waals surface area contributed by atoms with Gasteiger partial charge in [0.15, 0.2) is 5.78 Å². The van der Waals surface area contributed by atoms with Crippen LogP contribution in [0.4, 0.5) is 11.4 Å². The van der Waals surface area contributed by atoms with Gasteiger partial charge in [-0.25, -0.2) is 16.8 Å². The predicted octanol–water partition coefficient (Wildman–Crippen LogP) is 4.16. The van der Waals surface area contributed by atoms with Gasteiger partial charge in [0, 0.05) is 30.9 Å². The molecule has 0 aromatic heterocycles. The van der Waals surface area contributed by atoms with Crippen molar-refractivity contribution < 1.29 is 31.2 Å². The highest BCUT2D eigenvalue weighted by atomic mass is 32.2. The first-order valence-electron chi connectivity index (χ1n) is 13.8. The summed E-state index contributed by atoms with van der Waals surface area (Å²) in [6.07, 6.45) is 0.757. The Hall–Kier alpha value is -3.74. The van der Waals surface area contributed by atoms with E-state index in [9.17, 15) is 26.4 Å². The van der Waals surface area contributed by atoms with Crippen LogP contribution in [0.25, 0.3) is 0 Å². The van der Waals surface area contributed by atoms with Gasteiger partial charge < -0.3 is 10.1 Å². The number of para-hydroxylation sites is 1. The zero-order valence-corrected chi connectivity index (χ0v) is 25.2. The molecule has 1 heterocycles. The van der Waals surface area contributed by atoms with Crippen LogP contribution in [0.2, 0.25) is 0 Å². The van der Waals surface area contributed by atoms with Gasteiger partial charge in [0.2, 0.25) is 10.0 Å². The maximum Gasteiger partial charge on any atom is 0.309 e. The highest BCUT2D eigenvalue weighted by Gasteiger charge is 2.33. The molecule has 1 N–H and O–H groups in total. The van der Waals surface area contributed by atoms with Crippen LogP contribution in [0.3, 0.4) is 0 Å². The topological polar surface area (TPSA) is 130 Å². The minimum absolute atomic E-state index is 0.0105. The second-order valence-electron chi connectivity index (χ2n) is 9.76. The summed E-state index contributed by atoms with van der Waals surface area (Å²) < 4.78 is 60.6. The van der Waals surface area contributed by atoms with Crippen LogP contribution < -0.4 is 9.62 Å². The Kier molecular flexibility index (Phi) is 10.0. The summed E-state index contributed by atoms with van der Waals surface area (Å²) >= 11 is 0. The van der Waals surface area contributed by atoms with E-state index >= 15 is 0 Å². The number of Topliss-reactive ketones (excluding diaryl/α,β-unsaturated/α-hetero) is 1.